The standard InChI is InChI=1S/C15H15N3O2/c1-11(13-6-4-8-16-10-13)17-18-15(19)12-5-3-7-14(9-12)20-2/h3-10H,1-2H3,(H,18,19). The lowest BCUT2D eigenvalue weighted by molar-refractivity contribution is 0.0954. The average molecular weight is 269 g/mol. The van der Waals surface area contributed by atoms with Crippen LogP contribution in [0.25, 0.3) is 0 Å². The van der Waals surface area contributed by atoms with Gasteiger partial charge in [-0.25, -0.2) is 5.43 Å². The highest BCUT2D eigenvalue weighted by Gasteiger charge is 2.06. The molecule has 2 aromatic rings. The van der Waals surface area contributed by atoms with Gasteiger partial charge >= 0.3 is 0 Å². The summed E-state index contributed by atoms with van der Waals surface area (Å²) < 4.78 is 5.08. The lowest BCUT2D eigenvalue weighted by Gasteiger charge is -2.04. The summed E-state index contributed by atoms with van der Waals surface area (Å²) in [6.45, 7) is 1.81. The van der Waals surface area contributed by atoms with Gasteiger partial charge in [0, 0.05) is 23.5 Å². The van der Waals surface area contributed by atoms with Crippen molar-refractivity contribution in [2.75, 3.05) is 7.11 Å². The number of nitrogens with one attached hydrogen (secondary N) is 1. The van der Waals surface area contributed by atoms with Crippen LogP contribution in [0.2, 0.25) is 0 Å². The molecule has 0 spiro atoms. The van der Waals surface area contributed by atoms with E-state index in [1.54, 1.807) is 43.8 Å². The van der Waals surface area contributed by atoms with Crippen LogP contribution in [0.4, 0.5) is 0 Å². The third kappa shape index (κ3) is 3.41. The van der Waals surface area contributed by atoms with E-state index in [1.165, 1.54) is 0 Å². The summed E-state index contributed by atoms with van der Waals surface area (Å²) >= 11 is 0. The number of benzene rings is 1. The predicted molar refractivity (Wildman–Crippen MR) is 76.9 cm³/mol. The van der Waals surface area contributed by atoms with Crippen LogP contribution in [0.3, 0.4) is 0 Å². The Hall–Kier alpha value is -2.69. The van der Waals surface area contributed by atoms with Gasteiger partial charge < -0.3 is 4.74 Å². The molecule has 1 aromatic heterocycles. The van der Waals surface area contributed by atoms with Gasteiger partial charge in [0.1, 0.15) is 5.75 Å². The molecule has 0 bridgehead atoms. The molecule has 5 nitrogen and oxygen atoms in total. The molecule has 0 unspecified atom stereocenters. The van der Waals surface area contributed by atoms with Crippen LogP contribution < -0.4 is 10.2 Å². The zero-order valence-electron chi connectivity index (χ0n) is 11.3. The summed E-state index contributed by atoms with van der Waals surface area (Å²) in [5.74, 6) is 0.345. The molecular formula is C15H15N3O2. The molecule has 102 valence electrons. The van der Waals surface area contributed by atoms with Crippen LogP contribution in [0, 0.1) is 0 Å². The second-order valence-corrected chi connectivity index (χ2v) is 4.11. The first-order chi connectivity index (χ1) is 9.70. The van der Waals surface area contributed by atoms with E-state index in [-0.39, 0.29) is 5.91 Å². The van der Waals surface area contributed by atoms with Crippen LogP contribution in [0.1, 0.15) is 22.8 Å². The number of hydrogen-bond donors (Lipinski definition) is 1. The van der Waals surface area contributed by atoms with Crippen LogP contribution in [0.15, 0.2) is 53.9 Å². The molecule has 0 saturated heterocycles. The molecule has 0 atom stereocenters. The number of aromatic nitrogens is 1. The summed E-state index contributed by atoms with van der Waals surface area (Å²) in [6, 6.07) is 10.6. The second-order valence-electron chi connectivity index (χ2n) is 4.11. The molecule has 1 amide bonds. The number of methoxy groups -OCH3 is 1. The van der Waals surface area contributed by atoms with Crippen molar-refractivity contribution >= 4 is 11.6 Å². The molecule has 1 aromatic carbocycles. The van der Waals surface area contributed by atoms with Gasteiger partial charge in [0.15, 0.2) is 0 Å². The third-order valence-electron chi connectivity index (χ3n) is 2.74. The van der Waals surface area contributed by atoms with Crippen molar-refractivity contribution in [2.24, 2.45) is 5.10 Å². The second kappa shape index (κ2) is 6.47. The molecule has 0 fully saturated rings. The van der Waals surface area contributed by atoms with Gasteiger partial charge in [-0.3, -0.25) is 9.78 Å². The fraction of sp³-hybridized carbons (Fsp3) is 0.133. The van der Waals surface area contributed by atoms with Crippen LogP contribution in [0.5, 0.6) is 5.75 Å². The Labute approximate surface area is 117 Å². The normalized spacial score (nSPS) is 11.0. The van der Waals surface area contributed by atoms with Crippen LogP contribution in [-0.2, 0) is 0 Å². The number of carbonyl (C=O) groups excluding carboxylic acids is 1. The molecule has 0 aliphatic heterocycles. The Bertz CT molecular complexity index is 624. The molecule has 0 saturated carbocycles. The van der Waals surface area contributed by atoms with E-state index >= 15 is 0 Å². The maximum Gasteiger partial charge on any atom is 0.271 e. The predicted octanol–water partition coefficient (Wildman–Crippen LogP) is 2.24. The molecule has 5 heteroatoms. The lowest BCUT2D eigenvalue weighted by Crippen LogP contribution is -2.19. The zero-order valence-corrected chi connectivity index (χ0v) is 11.3. The maximum absolute atomic E-state index is 12.0. The lowest BCUT2D eigenvalue weighted by atomic mass is 10.2. The Balaban J connectivity index is 2.08. The Morgan fingerprint density at radius 3 is 2.75 bits per heavy atom. The van der Waals surface area contributed by atoms with Gasteiger partial charge in [0.2, 0.25) is 0 Å². The van der Waals surface area contributed by atoms with Gasteiger partial charge in [-0.15, -0.1) is 0 Å². The van der Waals surface area contributed by atoms with E-state index in [9.17, 15) is 4.79 Å². The number of hydrazone groups is 1. The quantitative estimate of drug-likeness (QED) is 0.684. The van der Waals surface area contributed by atoms with Gasteiger partial charge in [0.25, 0.3) is 5.91 Å². The molecule has 1 N–H and O–H groups in total. The van der Waals surface area contributed by atoms with E-state index in [4.69, 9.17) is 4.74 Å². The number of rotatable bonds is 4. The number of pyridine rings is 1. The molecule has 0 aliphatic rings. The summed E-state index contributed by atoms with van der Waals surface area (Å²) in [7, 11) is 1.56. The highest BCUT2D eigenvalue weighted by molar-refractivity contribution is 6.00. The topological polar surface area (TPSA) is 63.6 Å². The summed E-state index contributed by atoms with van der Waals surface area (Å²) in [4.78, 5) is 16.0. The van der Waals surface area contributed by atoms with E-state index in [0.717, 1.165) is 5.56 Å². The third-order valence-corrected chi connectivity index (χ3v) is 2.74. The highest BCUT2D eigenvalue weighted by Crippen LogP contribution is 2.12. The van der Waals surface area contributed by atoms with E-state index in [1.807, 2.05) is 19.1 Å². The number of hydrogen-bond acceptors (Lipinski definition) is 4. The molecule has 1 heterocycles. The first-order valence-electron chi connectivity index (χ1n) is 6.10. The Morgan fingerprint density at radius 2 is 2.05 bits per heavy atom. The van der Waals surface area contributed by atoms with Crippen molar-refractivity contribution in [3.63, 3.8) is 0 Å². The van der Waals surface area contributed by atoms with E-state index in [0.29, 0.717) is 17.0 Å². The molecule has 2 rings (SSSR count). The number of ether oxygens (including phenoxy) is 1. The van der Waals surface area contributed by atoms with Gasteiger partial charge in [-0.05, 0) is 31.2 Å². The van der Waals surface area contributed by atoms with Crippen molar-refractivity contribution in [2.45, 2.75) is 6.92 Å². The Morgan fingerprint density at radius 1 is 1.25 bits per heavy atom. The SMILES string of the molecule is COc1cccc(C(=O)NN=C(C)c2cccnc2)c1. The molecule has 20 heavy (non-hydrogen) atoms. The van der Waals surface area contributed by atoms with Crippen molar-refractivity contribution in [3.05, 3.63) is 59.9 Å². The van der Waals surface area contributed by atoms with Gasteiger partial charge in [-0.1, -0.05) is 12.1 Å². The molecule has 0 aliphatic carbocycles. The van der Waals surface area contributed by atoms with Crippen molar-refractivity contribution < 1.29 is 9.53 Å². The highest BCUT2D eigenvalue weighted by atomic mass is 16.5. The maximum atomic E-state index is 12.0. The van der Waals surface area contributed by atoms with Gasteiger partial charge in [-0.2, -0.15) is 5.10 Å². The fourth-order valence-electron chi connectivity index (χ4n) is 1.60. The monoisotopic (exact) mass is 269 g/mol. The fourth-order valence-corrected chi connectivity index (χ4v) is 1.60. The smallest absolute Gasteiger partial charge is 0.271 e. The first kappa shape index (κ1) is 13.7. The minimum absolute atomic E-state index is 0.285. The summed E-state index contributed by atoms with van der Waals surface area (Å²) in [5.41, 5.74) is 4.56. The molecular weight excluding hydrogens is 254 g/mol. The zero-order chi connectivity index (χ0) is 14.4. The average Bonchev–Trinajstić information content (AvgIpc) is 2.53. The minimum atomic E-state index is -0.285. The van der Waals surface area contributed by atoms with Gasteiger partial charge in [0.05, 0.1) is 12.8 Å². The number of carbonyl (C=O) groups is 1. The minimum Gasteiger partial charge on any atom is -0.497 e. The largest absolute Gasteiger partial charge is 0.497 e. The van der Waals surface area contributed by atoms with Crippen molar-refractivity contribution in [1.82, 2.24) is 10.4 Å². The Kier molecular flexibility index (Phi) is 4.44. The first-order valence-corrected chi connectivity index (χ1v) is 6.10. The summed E-state index contributed by atoms with van der Waals surface area (Å²) in [6.07, 6.45) is 3.38. The van der Waals surface area contributed by atoms with E-state index < -0.39 is 0 Å². The van der Waals surface area contributed by atoms with Crippen molar-refractivity contribution in [3.8, 4) is 5.75 Å². The van der Waals surface area contributed by atoms with Crippen molar-refractivity contribution in [1.29, 1.82) is 0 Å². The van der Waals surface area contributed by atoms with Crippen LogP contribution >= 0.6 is 0 Å². The number of amides is 1. The van der Waals surface area contributed by atoms with Crippen LogP contribution in [-0.4, -0.2) is 23.7 Å². The number of nitrogens with zero attached hydrogens (tertiary/aromatic N) is 2. The molecule has 0 radical (unpaired) electrons. The van der Waals surface area contributed by atoms with E-state index in [2.05, 4.69) is 15.5 Å². The summed E-state index contributed by atoms with van der Waals surface area (Å²) in [5, 5.41) is 4.06.